The monoisotopic (exact) mass is 328 g/mol. The summed E-state index contributed by atoms with van der Waals surface area (Å²) in [6.45, 7) is 2.35. The summed E-state index contributed by atoms with van der Waals surface area (Å²) in [6.07, 6.45) is 4.46. The van der Waals surface area contributed by atoms with Gasteiger partial charge >= 0.3 is 0 Å². The van der Waals surface area contributed by atoms with Crippen molar-refractivity contribution in [2.45, 2.75) is 19.8 Å². The lowest BCUT2D eigenvalue weighted by molar-refractivity contribution is -0.120. The number of thiazole rings is 1. The summed E-state index contributed by atoms with van der Waals surface area (Å²) in [6, 6.07) is 5.64. The quantitative estimate of drug-likeness (QED) is 0.751. The lowest BCUT2D eigenvalue weighted by Gasteiger charge is -2.02. The molecule has 0 saturated heterocycles. The number of pyridine rings is 1. The maximum Gasteiger partial charge on any atom is 0.226 e. The summed E-state index contributed by atoms with van der Waals surface area (Å²) in [4.78, 5) is 20.5. The minimum atomic E-state index is -0.0685. The second-order valence-electron chi connectivity index (χ2n) is 5.09. The van der Waals surface area contributed by atoms with Gasteiger partial charge in [0, 0.05) is 42.4 Å². The van der Waals surface area contributed by atoms with Crippen molar-refractivity contribution >= 4 is 17.2 Å². The molecule has 0 radical (unpaired) electrons. The maximum absolute atomic E-state index is 11.8. The smallest absolute Gasteiger partial charge is 0.226 e. The zero-order valence-electron chi connectivity index (χ0n) is 12.7. The molecular formula is C16H16N4O2S. The summed E-state index contributed by atoms with van der Waals surface area (Å²) in [5, 5.41) is 9.63. The Morgan fingerprint density at radius 3 is 3.04 bits per heavy atom. The number of nitrogens with one attached hydrogen (secondary N) is 1. The fraction of sp³-hybridized carbons (Fsp3) is 0.250. The third-order valence-electron chi connectivity index (χ3n) is 3.18. The van der Waals surface area contributed by atoms with Gasteiger partial charge in [0.05, 0.1) is 17.8 Å². The molecule has 3 rings (SSSR count). The van der Waals surface area contributed by atoms with Gasteiger partial charge in [-0.1, -0.05) is 5.16 Å². The van der Waals surface area contributed by atoms with E-state index in [-0.39, 0.29) is 12.3 Å². The summed E-state index contributed by atoms with van der Waals surface area (Å²) < 4.78 is 4.94. The molecule has 6 nitrogen and oxygen atoms in total. The minimum Gasteiger partial charge on any atom is -0.361 e. The molecule has 0 bridgehead atoms. The van der Waals surface area contributed by atoms with Crippen molar-refractivity contribution in [3.05, 3.63) is 53.1 Å². The van der Waals surface area contributed by atoms with E-state index in [2.05, 4.69) is 20.4 Å². The SMILES string of the molecule is Cc1cc(CC(=O)NCCc2csc(-c3cccnc3)n2)no1. The summed E-state index contributed by atoms with van der Waals surface area (Å²) in [5.74, 6) is 0.638. The molecule has 7 heteroatoms. The molecule has 0 aromatic carbocycles. The molecule has 0 saturated carbocycles. The third kappa shape index (κ3) is 4.23. The fourth-order valence-corrected chi connectivity index (χ4v) is 2.95. The number of hydrogen-bond acceptors (Lipinski definition) is 6. The molecule has 3 heterocycles. The van der Waals surface area contributed by atoms with E-state index in [0.29, 0.717) is 24.4 Å². The van der Waals surface area contributed by atoms with Gasteiger partial charge in [-0.25, -0.2) is 4.98 Å². The van der Waals surface area contributed by atoms with Crippen LogP contribution in [-0.2, 0) is 17.6 Å². The summed E-state index contributed by atoms with van der Waals surface area (Å²) in [7, 11) is 0. The lowest BCUT2D eigenvalue weighted by Crippen LogP contribution is -2.27. The minimum absolute atomic E-state index is 0.0685. The highest BCUT2D eigenvalue weighted by molar-refractivity contribution is 7.13. The van der Waals surface area contributed by atoms with Crippen molar-refractivity contribution in [3.63, 3.8) is 0 Å². The van der Waals surface area contributed by atoms with Crippen LogP contribution in [-0.4, -0.2) is 27.6 Å². The van der Waals surface area contributed by atoms with E-state index in [9.17, 15) is 4.79 Å². The van der Waals surface area contributed by atoms with E-state index >= 15 is 0 Å². The number of rotatable bonds is 6. The number of hydrogen-bond donors (Lipinski definition) is 1. The predicted octanol–water partition coefficient (Wildman–Crippen LogP) is 2.40. The summed E-state index contributed by atoms with van der Waals surface area (Å²) in [5.41, 5.74) is 2.62. The predicted molar refractivity (Wildman–Crippen MR) is 87.0 cm³/mol. The van der Waals surface area contributed by atoms with E-state index < -0.39 is 0 Å². The van der Waals surface area contributed by atoms with Gasteiger partial charge in [0.2, 0.25) is 5.91 Å². The van der Waals surface area contributed by atoms with E-state index in [1.54, 1.807) is 36.7 Å². The van der Waals surface area contributed by atoms with Crippen molar-refractivity contribution in [2.24, 2.45) is 0 Å². The Morgan fingerprint density at radius 2 is 2.30 bits per heavy atom. The second-order valence-corrected chi connectivity index (χ2v) is 5.95. The molecule has 1 amide bonds. The number of carbonyl (C=O) groups excluding carboxylic acids is 1. The van der Waals surface area contributed by atoms with Gasteiger partial charge in [0.1, 0.15) is 10.8 Å². The molecule has 0 spiro atoms. The van der Waals surface area contributed by atoms with E-state index in [4.69, 9.17) is 4.52 Å². The van der Waals surface area contributed by atoms with Crippen molar-refractivity contribution < 1.29 is 9.32 Å². The molecular weight excluding hydrogens is 312 g/mol. The van der Waals surface area contributed by atoms with Crippen LogP contribution in [0.15, 0.2) is 40.5 Å². The molecule has 3 aromatic heterocycles. The van der Waals surface area contributed by atoms with Crippen molar-refractivity contribution in [3.8, 4) is 10.6 Å². The Hall–Kier alpha value is -2.54. The van der Waals surface area contributed by atoms with Gasteiger partial charge in [-0.15, -0.1) is 11.3 Å². The first-order valence-corrected chi connectivity index (χ1v) is 8.12. The number of aromatic nitrogens is 3. The average Bonchev–Trinajstić information content (AvgIpc) is 3.17. The van der Waals surface area contributed by atoms with Gasteiger partial charge in [-0.3, -0.25) is 9.78 Å². The van der Waals surface area contributed by atoms with Crippen LogP contribution in [0.2, 0.25) is 0 Å². The number of carbonyl (C=O) groups is 1. The first-order valence-electron chi connectivity index (χ1n) is 7.24. The van der Waals surface area contributed by atoms with Crippen molar-refractivity contribution in [1.82, 2.24) is 20.4 Å². The molecule has 118 valence electrons. The molecule has 23 heavy (non-hydrogen) atoms. The van der Waals surface area contributed by atoms with Crippen molar-refractivity contribution in [1.29, 1.82) is 0 Å². The number of aryl methyl sites for hydroxylation is 1. The van der Waals surface area contributed by atoms with Gasteiger partial charge in [0.15, 0.2) is 0 Å². The van der Waals surface area contributed by atoms with E-state index in [0.717, 1.165) is 16.3 Å². The van der Waals surface area contributed by atoms with Gasteiger partial charge < -0.3 is 9.84 Å². The highest BCUT2D eigenvalue weighted by Gasteiger charge is 2.08. The Kier molecular flexibility index (Phi) is 4.77. The first kappa shape index (κ1) is 15.4. The first-order chi connectivity index (χ1) is 11.2. The normalized spacial score (nSPS) is 10.7. The van der Waals surface area contributed by atoms with Crippen molar-refractivity contribution in [2.75, 3.05) is 6.54 Å². The summed E-state index contributed by atoms with van der Waals surface area (Å²) >= 11 is 1.58. The third-order valence-corrected chi connectivity index (χ3v) is 4.12. The second kappa shape index (κ2) is 7.15. The molecule has 0 aliphatic rings. The number of nitrogens with zero attached hydrogens (tertiary/aromatic N) is 3. The number of amides is 1. The molecule has 3 aromatic rings. The largest absolute Gasteiger partial charge is 0.361 e. The zero-order valence-corrected chi connectivity index (χ0v) is 13.5. The van der Waals surface area contributed by atoms with Crippen LogP contribution in [0.1, 0.15) is 17.1 Å². The van der Waals surface area contributed by atoms with Crippen LogP contribution in [0.3, 0.4) is 0 Å². The Bertz CT molecular complexity index is 782. The molecule has 0 atom stereocenters. The van der Waals surface area contributed by atoms with Crippen LogP contribution >= 0.6 is 11.3 Å². The molecule has 0 aliphatic carbocycles. The van der Waals surface area contributed by atoms with Crippen LogP contribution in [0.5, 0.6) is 0 Å². The van der Waals surface area contributed by atoms with Crippen LogP contribution in [0.25, 0.3) is 10.6 Å². The fourth-order valence-electron chi connectivity index (χ4n) is 2.10. The Morgan fingerprint density at radius 1 is 1.39 bits per heavy atom. The van der Waals surface area contributed by atoms with Gasteiger partial charge in [-0.05, 0) is 19.1 Å². The van der Waals surface area contributed by atoms with E-state index in [1.807, 2.05) is 17.5 Å². The van der Waals surface area contributed by atoms with E-state index in [1.165, 1.54) is 0 Å². The Balaban J connectivity index is 1.47. The highest BCUT2D eigenvalue weighted by Crippen LogP contribution is 2.22. The molecule has 0 fully saturated rings. The van der Waals surface area contributed by atoms with Crippen LogP contribution in [0.4, 0.5) is 0 Å². The van der Waals surface area contributed by atoms with Gasteiger partial charge in [0.25, 0.3) is 0 Å². The lowest BCUT2D eigenvalue weighted by atomic mass is 10.2. The molecule has 1 N–H and O–H groups in total. The maximum atomic E-state index is 11.8. The standard InChI is InChI=1S/C16H16N4O2S/c1-11-7-14(20-22-11)8-15(21)18-6-4-13-10-23-16(19-13)12-3-2-5-17-9-12/h2-3,5,7,9-10H,4,6,8H2,1H3,(H,18,21). The highest BCUT2D eigenvalue weighted by atomic mass is 32.1. The van der Waals surface area contributed by atoms with Crippen LogP contribution < -0.4 is 5.32 Å². The molecule has 0 aliphatic heterocycles. The average molecular weight is 328 g/mol. The molecule has 0 unspecified atom stereocenters. The zero-order chi connectivity index (χ0) is 16.1. The van der Waals surface area contributed by atoms with Gasteiger partial charge in [-0.2, -0.15) is 0 Å². The van der Waals surface area contributed by atoms with Crippen LogP contribution in [0, 0.1) is 6.92 Å². The topological polar surface area (TPSA) is 80.9 Å². The Labute approximate surface area is 137 Å².